The maximum Gasteiger partial charge on any atom is 0.341 e. The number of hydrogen-bond acceptors (Lipinski definition) is 7. The summed E-state index contributed by atoms with van der Waals surface area (Å²) in [7, 11) is 0. The highest BCUT2D eigenvalue weighted by atomic mass is 35.5. The van der Waals surface area contributed by atoms with Crippen molar-refractivity contribution in [2.24, 2.45) is 0 Å². The number of halogens is 1. The van der Waals surface area contributed by atoms with Crippen molar-refractivity contribution >= 4 is 39.8 Å². The summed E-state index contributed by atoms with van der Waals surface area (Å²) in [4.78, 5) is 24.8. The van der Waals surface area contributed by atoms with Crippen molar-refractivity contribution in [2.75, 3.05) is 5.32 Å². The largest absolute Gasteiger partial charge is 0.452 e. The highest BCUT2D eigenvalue weighted by Gasteiger charge is 2.22. The van der Waals surface area contributed by atoms with Crippen LogP contribution in [0.15, 0.2) is 28.7 Å². The van der Waals surface area contributed by atoms with Crippen LogP contribution in [-0.2, 0) is 16.1 Å². The molecule has 0 saturated heterocycles. The molecule has 140 valence electrons. The minimum atomic E-state index is -0.563. The van der Waals surface area contributed by atoms with Crippen molar-refractivity contribution in [2.45, 2.75) is 27.4 Å². The third kappa shape index (κ3) is 4.35. The first-order valence-corrected chi connectivity index (χ1v) is 9.17. The fraction of sp³-hybridized carbons (Fsp3) is 0.222. The Morgan fingerprint density at radius 1 is 1.22 bits per heavy atom. The van der Waals surface area contributed by atoms with Crippen LogP contribution in [0, 0.1) is 13.8 Å². The molecule has 2 heterocycles. The molecule has 0 aliphatic rings. The summed E-state index contributed by atoms with van der Waals surface area (Å²) < 4.78 is 10.8. The predicted octanol–water partition coefficient (Wildman–Crippen LogP) is 4.38. The number of nitrogens with zero attached hydrogens (tertiary/aromatic N) is 2. The second-order valence-electron chi connectivity index (χ2n) is 5.75. The van der Waals surface area contributed by atoms with Crippen molar-refractivity contribution in [1.29, 1.82) is 0 Å². The van der Waals surface area contributed by atoms with E-state index < -0.39 is 5.97 Å². The zero-order valence-corrected chi connectivity index (χ0v) is 16.4. The lowest BCUT2D eigenvalue weighted by Crippen LogP contribution is -2.12. The molecule has 0 unspecified atom stereocenters. The molecule has 0 radical (unpaired) electrons. The minimum Gasteiger partial charge on any atom is -0.452 e. The number of aromatic nitrogens is 2. The van der Waals surface area contributed by atoms with E-state index in [-0.39, 0.29) is 18.4 Å². The van der Waals surface area contributed by atoms with Gasteiger partial charge in [0.05, 0.1) is 5.56 Å². The standard InChI is InChI=1S/C18H16ClN3O4S/c1-9-10(2)27-17(20-11(3)23)15(9)18(24)25-8-14-21-22-16(26-14)12-4-6-13(19)7-5-12/h4-7H,8H2,1-3H3,(H,20,23). The first-order valence-electron chi connectivity index (χ1n) is 7.98. The van der Waals surface area contributed by atoms with Crippen molar-refractivity contribution in [1.82, 2.24) is 10.2 Å². The van der Waals surface area contributed by atoms with E-state index in [1.807, 2.05) is 6.92 Å². The Labute approximate surface area is 164 Å². The van der Waals surface area contributed by atoms with Crippen molar-refractivity contribution in [3.63, 3.8) is 0 Å². The summed E-state index contributed by atoms with van der Waals surface area (Å²) in [5.41, 5.74) is 1.81. The SMILES string of the molecule is CC(=O)Nc1sc(C)c(C)c1C(=O)OCc1nnc(-c2ccc(Cl)cc2)o1. The number of rotatable bonds is 5. The van der Waals surface area contributed by atoms with Crippen LogP contribution in [-0.4, -0.2) is 22.1 Å². The Bertz CT molecular complexity index is 995. The van der Waals surface area contributed by atoms with E-state index in [9.17, 15) is 9.59 Å². The smallest absolute Gasteiger partial charge is 0.341 e. The maximum atomic E-state index is 12.5. The summed E-state index contributed by atoms with van der Waals surface area (Å²) >= 11 is 7.18. The van der Waals surface area contributed by atoms with Gasteiger partial charge in [0.25, 0.3) is 5.89 Å². The molecule has 27 heavy (non-hydrogen) atoms. The van der Waals surface area contributed by atoms with E-state index in [4.69, 9.17) is 20.8 Å². The van der Waals surface area contributed by atoms with Gasteiger partial charge in [0.2, 0.25) is 11.8 Å². The molecule has 0 aliphatic heterocycles. The van der Waals surface area contributed by atoms with E-state index in [0.29, 0.717) is 27.0 Å². The molecule has 1 amide bonds. The number of ether oxygens (including phenoxy) is 1. The molecule has 1 N–H and O–H groups in total. The monoisotopic (exact) mass is 405 g/mol. The molecule has 3 aromatic rings. The highest BCUT2D eigenvalue weighted by molar-refractivity contribution is 7.16. The number of nitrogens with one attached hydrogen (secondary N) is 1. The quantitative estimate of drug-likeness (QED) is 0.633. The average molecular weight is 406 g/mol. The summed E-state index contributed by atoms with van der Waals surface area (Å²) in [6.07, 6.45) is 0. The molecule has 2 aromatic heterocycles. The van der Waals surface area contributed by atoms with Crippen LogP contribution in [0.25, 0.3) is 11.5 Å². The number of thiophene rings is 1. The first-order chi connectivity index (χ1) is 12.8. The summed E-state index contributed by atoms with van der Waals surface area (Å²) in [6, 6.07) is 6.93. The molecule has 9 heteroatoms. The Balaban J connectivity index is 1.71. The highest BCUT2D eigenvalue weighted by Crippen LogP contribution is 2.33. The number of carbonyl (C=O) groups excluding carboxylic acids is 2. The van der Waals surface area contributed by atoms with Crippen molar-refractivity contribution in [3.8, 4) is 11.5 Å². The molecule has 1 aromatic carbocycles. The van der Waals surface area contributed by atoms with E-state index in [0.717, 1.165) is 10.4 Å². The lowest BCUT2D eigenvalue weighted by molar-refractivity contribution is -0.114. The van der Waals surface area contributed by atoms with Gasteiger partial charge in [-0.05, 0) is 43.7 Å². The Morgan fingerprint density at radius 2 is 1.93 bits per heavy atom. The van der Waals surface area contributed by atoms with Gasteiger partial charge in [-0.3, -0.25) is 4.79 Å². The fourth-order valence-corrected chi connectivity index (χ4v) is 3.56. The van der Waals surface area contributed by atoms with Gasteiger partial charge in [-0.1, -0.05) is 11.6 Å². The molecular formula is C18H16ClN3O4S. The normalized spacial score (nSPS) is 10.7. The van der Waals surface area contributed by atoms with Crippen LogP contribution in [0.4, 0.5) is 5.00 Å². The van der Waals surface area contributed by atoms with Gasteiger partial charge in [-0.15, -0.1) is 21.5 Å². The number of anilines is 1. The first kappa shape index (κ1) is 19.1. The van der Waals surface area contributed by atoms with Crippen molar-refractivity contribution < 1.29 is 18.7 Å². The zero-order valence-electron chi connectivity index (χ0n) is 14.8. The average Bonchev–Trinajstić information content (AvgIpc) is 3.18. The second-order valence-corrected chi connectivity index (χ2v) is 7.41. The van der Waals surface area contributed by atoms with Crippen molar-refractivity contribution in [3.05, 3.63) is 51.2 Å². The Hall–Kier alpha value is -2.71. The minimum absolute atomic E-state index is 0.166. The van der Waals surface area contributed by atoms with Gasteiger partial charge in [-0.2, -0.15) is 0 Å². The van der Waals surface area contributed by atoms with Crippen LogP contribution in [0.1, 0.15) is 33.6 Å². The number of esters is 1. The van der Waals surface area contributed by atoms with Gasteiger partial charge in [0, 0.05) is 22.4 Å². The van der Waals surface area contributed by atoms with Crippen LogP contribution in [0.5, 0.6) is 0 Å². The molecule has 0 aliphatic carbocycles. The third-order valence-corrected chi connectivity index (χ3v) is 5.14. The van der Waals surface area contributed by atoms with Gasteiger partial charge < -0.3 is 14.5 Å². The molecule has 0 atom stereocenters. The maximum absolute atomic E-state index is 12.5. The molecule has 3 rings (SSSR count). The summed E-state index contributed by atoms with van der Waals surface area (Å²) in [6.45, 7) is 4.89. The van der Waals surface area contributed by atoms with Gasteiger partial charge in [-0.25, -0.2) is 4.79 Å². The van der Waals surface area contributed by atoms with Gasteiger partial charge >= 0.3 is 5.97 Å². The summed E-state index contributed by atoms with van der Waals surface area (Å²) in [5, 5.41) is 11.6. The summed E-state index contributed by atoms with van der Waals surface area (Å²) in [5.74, 6) is -0.347. The van der Waals surface area contributed by atoms with E-state index in [2.05, 4.69) is 15.5 Å². The number of carbonyl (C=O) groups is 2. The van der Waals surface area contributed by atoms with E-state index in [1.54, 1.807) is 31.2 Å². The lowest BCUT2D eigenvalue weighted by Gasteiger charge is -2.05. The third-order valence-electron chi connectivity index (χ3n) is 3.76. The van der Waals surface area contributed by atoms with E-state index in [1.165, 1.54) is 18.3 Å². The van der Waals surface area contributed by atoms with Crippen LogP contribution in [0.3, 0.4) is 0 Å². The predicted molar refractivity (Wildman–Crippen MR) is 102 cm³/mol. The molecule has 0 spiro atoms. The molecular weight excluding hydrogens is 390 g/mol. The topological polar surface area (TPSA) is 94.3 Å². The molecule has 0 saturated carbocycles. The fourth-order valence-electron chi connectivity index (χ4n) is 2.34. The molecule has 0 bridgehead atoms. The number of benzene rings is 1. The van der Waals surface area contributed by atoms with Crippen LogP contribution < -0.4 is 5.32 Å². The lowest BCUT2D eigenvalue weighted by atomic mass is 10.1. The second kappa shape index (κ2) is 7.89. The van der Waals surface area contributed by atoms with Crippen LogP contribution >= 0.6 is 22.9 Å². The molecule has 0 fully saturated rings. The Kier molecular flexibility index (Phi) is 5.57. The van der Waals surface area contributed by atoms with Crippen LogP contribution in [0.2, 0.25) is 5.02 Å². The Morgan fingerprint density at radius 3 is 2.59 bits per heavy atom. The zero-order chi connectivity index (χ0) is 19.6. The number of aryl methyl sites for hydroxylation is 1. The number of hydrogen-bond donors (Lipinski definition) is 1. The molecule has 7 nitrogen and oxygen atoms in total. The van der Waals surface area contributed by atoms with Gasteiger partial charge in [0.1, 0.15) is 5.00 Å². The van der Waals surface area contributed by atoms with E-state index >= 15 is 0 Å². The van der Waals surface area contributed by atoms with Gasteiger partial charge in [0.15, 0.2) is 6.61 Å². The number of amides is 1.